The molecule has 9 heteroatoms. The topological polar surface area (TPSA) is 95.9 Å². The summed E-state index contributed by atoms with van der Waals surface area (Å²) in [6, 6.07) is 2.27. The predicted octanol–water partition coefficient (Wildman–Crippen LogP) is 4.89. The molecular weight excluding hydrogens is 440 g/mol. The first kappa shape index (κ1) is 23.2. The molecule has 2 atom stereocenters. The van der Waals surface area contributed by atoms with Crippen LogP contribution in [0, 0.1) is 19.8 Å². The molecule has 0 spiro atoms. The highest BCUT2D eigenvalue weighted by molar-refractivity contribution is 7.98. The van der Waals surface area contributed by atoms with Gasteiger partial charge >= 0.3 is 0 Å². The van der Waals surface area contributed by atoms with E-state index in [2.05, 4.69) is 21.9 Å². The molecule has 0 aromatic carbocycles. The van der Waals surface area contributed by atoms with Crippen LogP contribution in [0.1, 0.15) is 44.5 Å². The molecule has 0 unspecified atom stereocenters. The molecular formula is C23H32N6OS2. The van der Waals surface area contributed by atoms with Crippen molar-refractivity contribution in [3.63, 3.8) is 0 Å². The third-order valence-corrected chi connectivity index (χ3v) is 7.81. The van der Waals surface area contributed by atoms with E-state index in [1.54, 1.807) is 23.1 Å². The molecule has 0 amide bonds. The summed E-state index contributed by atoms with van der Waals surface area (Å²) >= 11 is 3.44. The molecule has 0 saturated heterocycles. The summed E-state index contributed by atoms with van der Waals surface area (Å²) < 4.78 is 1.11. The minimum atomic E-state index is -0.664. The highest BCUT2D eigenvalue weighted by Gasteiger charge is 2.35. The first-order valence-electron chi connectivity index (χ1n) is 11.1. The van der Waals surface area contributed by atoms with Crippen LogP contribution in [0.4, 0.5) is 11.8 Å². The Bertz CT molecular complexity index is 1090. The lowest BCUT2D eigenvalue weighted by atomic mass is 9.89. The standard InChI is InChI=1S/C23H32N6OS2/c1-13-18(21-28-19-14(2)24-9-8-17(19)32-21)20(29-22(26-13)25-10-11-31-5)27-16-7-6-15(12-16)23(3,4)30/h8-9,15-16,30H,6-7,10-12H2,1-5H3,(H2,25,26,27,29)/t15-,16+/m1/s1. The lowest BCUT2D eigenvalue weighted by Crippen LogP contribution is -2.30. The second kappa shape index (κ2) is 9.49. The first-order valence-corrected chi connectivity index (χ1v) is 13.3. The molecule has 1 aliphatic carbocycles. The van der Waals surface area contributed by atoms with Crippen molar-refractivity contribution < 1.29 is 5.11 Å². The summed E-state index contributed by atoms with van der Waals surface area (Å²) in [6.07, 6.45) is 6.86. The van der Waals surface area contributed by atoms with Crippen LogP contribution in [0.15, 0.2) is 12.3 Å². The molecule has 172 valence electrons. The fourth-order valence-corrected chi connectivity index (χ4v) is 5.73. The van der Waals surface area contributed by atoms with Gasteiger partial charge in [-0.1, -0.05) is 0 Å². The first-order chi connectivity index (χ1) is 15.3. The zero-order valence-corrected chi connectivity index (χ0v) is 21.0. The number of aryl methyl sites for hydroxylation is 2. The number of aromatic nitrogens is 4. The van der Waals surface area contributed by atoms with E-state index < -0.39 is 5.60 Å². The Kier molecular flexibility index (Phi) is 6.88. The van der Waals surface area contributed by atoms with Gasteiger partial charge in [-0.3, -0.25) is 4.98 Å². The molecule has 4 rings (SSSR count). The Labute approximate surface area is 197 Å². The van der Waals surface area contributed by atoms with Crippen LogP contribution < -0.4 is 10.6 Å². The third-order valence-electron chi connectivity index (χ3n) is 6.16. The molecule has 0 bridgehead atoms. The summed E-state index contributed by atoms with van der Waals surface area (Å²) in [6.45, 7) is 8.64. The number of thioether (sulfide) groups is 1. The summed E-state index contributed by atoms with van der Waals surface area (Å²) in [5.74, 6) is 2.73. The van der Waals surface area contributed by atoms with Gasteiger partial charge in [0.15, 0.2) is 0 Å². The monoisotopic (exact) mass is 472 g/mol. The molecule has 0 radical (unpaired) electrons. The van der Waals surface area contributed by atoms with Gasteiger partial charge in [0.25, 0.3) is 0 Å². The maximum absolute atomic E-state index is 10.5. The van der Waals surface area contributed by atoms with E-state index in [1.165, 1.54) is 0 Å². The fraction of sp³-hybridized carbons (Fsp3) is 0.565. The van der Waals surface area contributed by atoms with Crippen molar-refractivity contribution in [2.45, 2.75) is 58.6 Å². The van der Waals surface area contributed by atoms with Gasteiger partial charge < -0.3 is 15.7 Å². The van der Waals surface area contributed by atoms with Gasteiger partial charge in [0, 0.05) is 24.5 Å². The molecule has 3 heterocycles. The molecule has 3 aromatic heterocycles. The zero-order chi connectivity index (χ0) is 22.9. The third kappa shape index (κ3) is 5.00. The van der Waals surface area contributed by atoms with Gasteiger partial charge in [0.05, 0.1) is 27.3 Å². The van der Waals surface area contributed by atoms with Gasteiger partial charge in [-0.25, -0.2) is 9.97 Å². The van der Waals surface area contributed by atoms with Crippen molar-refractivity contribution in [3.05, 3.63) is 23.7 Å². The van der Waals surface area contributed by atoms with E-state index in [9.17, 15) is 5.11 Å². The summed E-state index contributed by atoms with van der Waals surface area (Å²) in [5, 5.41) is 18.4. The van der Waals surface area contributed by atoms with Gasteiger partial charge in [0.1, 0.15) is 16.3 Å². The molecule has 3 N–H and O–H groups in total. The SMILES string of the molecule is CSCCNc1nc(C)c(-c2nc3c(C)nccc3s2)c(N[C@H]2CC[C@@H](C(C)(C)O)C2)n1. The lowest BCUT2D eigenvalue weighted by Gasteiger charge is -2.25. The molecule has 1 fully saturated rings. The Hall–Kier alpha value is -1.97. The van der Waals surface area contributed by atoms with E-state index in [1.807, 2.05) is 40.0 Å². The van der Waals surface area contributed by atoms with E-state index in [-0.39, 0.29) is 12.0 Å². The number of hydrogen-bond acceptors (Lipinski definition) is 9. The quantitative estimate of drug-likeness (QED) is 0.399. The highest BCUT2D eigenvalue weighted by Crippen LogP contribution is 2.39. The van der Waals surface area contributed by atoms with Gasteiger partial charge in [-0.05, 0) is 65.2 Å². The smallest absolute Gasteiger partial charge is 0.224 e. The van der Waals surface area contributed by atoms with Crippen molar-refractivity contribution in [2.24, 2.45) is 5.92 Å². The second-order valence-corrected chi connectivity index (χ2v) is 11.1. The molecule has 3 aromatic rings. The number of pyridine rings is 1. The largest absolute Gasteiger partial charge is 0.390 e. The van der Waals surface area contributed by atoms with Crippen molar-refractivity contribution in [3.8, 4) is 10.6 Å². The summed E-state index contributed by atoms with van der Waals surface area (Å²) in [7, 11) is 0. The van der Waals surface area contributed by atoms with Crippen molar-refractivity contribution in [1.82, 2.24) is 19.9 Å². The van der Waals surface area contributed by atoms with Crippen LogP contribution in [0.2, 0.25) is 0 Å². The average molecular weight is 473 g/mol. The highest BCUT2D eigenvalue weighted by atomic mass is 32.2. The Morgan fingerprint density at radius 1 is 1.19 bits per heavy atom. The van der Waals surface area contributed by atoms with Crippen LogP contribution in [-0.2, 0) is 0 Å². The van der Waals surface area contributed by atoms with Crippen LogP contribution in [-0.4, -0.2) is 55.2 Å². The van der Waals surface area contributed by atoms with E-state index in [0.29, 0.717) is 5.95 Å². The van der Waals surface area contributed by atoms with E-state index in [0.717, 1.165) is 69.6 Å². The van der Waals surface area contributed by atoms with E-state index in [4.69, 9.17) is 15.0 Å². The van der Waals surface area contributed by atoms with E-state index >= 15 is 0 Å². The number of nitrogens with zero attached hydrogens (tertiary/aromatic N) is 4. The minimum Gasteiger partial charge on any atom is -0.390 e. The number of nitrogens with one attached hydrogen (secondary N) is 2. The van der Waals surface area contributed by atoms with Crippen LogP contribution >= 0.6 is 23.1 Å². The molecule has 1 saturated carbocycles. The van der Waals surface area contributed by atoms with Crippen molar-refractivity contribution >= 4 is 45.1 Å². The Morgan fingerprint density at radius 2 is 2.00 bits per heavy atom. The molecule has 0 aliphatic heterocycles. The normalized spacial score (nSPS) is 18.9. The Morgan fingerprint density at radius 3 is 2.69 bits per heavy atom. The van der Waals surface area contributed by atoms with Crippen LogP contribution in [0.5, 0.6) is 0 Å². The number of anilines is 2. The van der Waals surface area contributed by atoms with Gasteiger partial charge in [-0.15, -0.1) is 11.3 Å². The number of rotatable bonds is 8. The van der Waals surface area contributed by atoms with Crippen molar-refractivity contribution in [2.75, 3.05) is 29.2 Å². The van der Waals surface area contributed by atoms with Crippen LogP contribution in [0.3, 0.4) is 0 Å². The fourth-order valence-electron chi connectivity index (χ4n) is 4.31. The van der Waals surface area contributed by atoms with Crippen molar-refractivity contribution in [1.29, 1.82) is 0 Å². The van der Waals surface area contributed by atoms with Crippen LogP contribution in [0.25, 0.3) is 20.8 Å². The average Bonchev–Trinajstić information content (AvgIpc) is 3.36. The van der Waals surface area contributed by atoms with Gasteiger partial charge in [-0.2, -0.15) is 16.7 Å². The number of thiazole rings is 1. The number of fused-ring (bicyclic) bond motifs is 1. The zero-order valence-electron chi connectivity index (χ0n) is 19.4. The second-order valence-electron chi connectivity index (χ2n) is 9.04. The summed E-state index contributed by atoms with van der Waals surface area (Å²) in [5.41, 5.74) is 3.05. The minimum absolute atomic E-state index is 0.260. The number of hydrogen-bond donors (Lipinski definition) is 3. The molecule has 7 nitrogen and oxygen atoms in total. The Balaban J connectivity index is 1.70. The molecule has 1 aliphatic rings. The predicted molar refractivity (Wildman–Crippen MR) is 136 cm³/mol. The number of aliphatic hydroxyl groups is 1. The lowest BCUT2D eigenvalue weighted by molar-refractivity contribution is 0.0197. The maximum Gasteiger partial charge on any atom is 0.224 e. The molecule has 32 heavy (non-hydrogen) atoms. The van der Waals surface area contributed by atoms with Gasteiger partial charge in [0.2, 0.25) is 5.95 Å². The maximum atomic E-state index is 10.5. The summed E-state index contributed by atoms with van der Waals surface area (Å²) in [4.78, 5) is 18.9.